The summed E-state index contributed by atoms with van der Waals surface area (Å²) in [6, 6.07) is 9.24. The Morgan fingerprint density at radius 1 is 1.36 bits per heavy atom. The SMILES string of the molecule is COc1cccc(C2CCN2C(=O)Cn2ncc(N(C)C)cc2=O)c1. The Balaban J connectivity index is 1.72. The molecule has 2 heterocycles. The fourth-order valence-electron chi connectivity index (χ4n) is 2.89. The van der Waals surface area contributed by atoms with Gasteiger partial charge >= 0.3 is 0 Å². The maximum atomic E-state index is 12.6. The van der Waals surface area contributed by atoms with Gasteiger partial charge in [0, 0.05) is 26.7 Å². The molecule has 2 aromatic rings. The van der Waals surface area contributed by atoms with Crippen LogP contribution >= 0.6 is 0 Å². The molecule has 25 heavy (non-hydrogen) atoms. The number of methoxy groups -OCH3 is 1. The molecule has 1 saturated heterocycles. The zero-order valence-corrected chi connectivity index (χ0v) is 14.7. The Morgan fingerprint density at radius 2 is 2.16 bits per heavy atom. The maximum Gasteiger partial charge on any atom is 0.269 e. The highest BCUT2D eigenvalue weighted by Crippen LogP contribution is 2.34. The van der Waals surface area contributed by atoms with E-state index in [9.17, 15) is 9.59 Å². The maximum absolute atomic E-state index is 12.6. The summed E-state index contributed by atoms with van der Waals surface area (Å²) in [5.41, 5.74) is 1.48. The van der Waals surface area contributed by atoms with Gasteiger partial charge < -0.3 is 14.5 Å². The van der Waals surface area contributed by atoms with Crippen molar-refractivity contribution in [2.75, 3.05) is 32.6 Å². The minimum Gasteiger partial charge on any atom is -0.497 e. The Labute approximate surface area is 146 Å². The molecular weight excluding hydrogens is 320 g/mol. The van der Waals surface area contributed by atoms with Crippen LogP contribution in [0.25, 0.3) is 0 Å². The van der Waals surface area contributed by atoms with Gasteiger partial charge in [0.15, 0.2) is 0 Å². The van der Waals surface area contributed by atoms with Crippen molar-refractivity contribution < 1.29 is 9.53 Å². The van der Waals surface area contributed by atoms with Crippen molar-refractivity contribution in [1.29, 1.82) is 0 Å². The van der Waals surface area contributed by atoms with Crippen LogP contribution in [0.2, 0.25) is 0 Å². The van der Waals surface area contributed by atoms with E-state index in [1.54, 1.807) is 23.1 Å². The zero-order chi connectivity index (χ0) is 18.0. The highest BCUT2D eigenvalue weighted by atomic mass is 16.5. The number of likely N-dealkylation sites (tertiary alicyclic amines) is 1. The molecule has 0 aliphatic carbocycles. The molecule has 0 bridgehead atoms. The number of amides is 1. The third-order valence-electron chi connectivity index (χ3n) is 4.48. The van der Waals surface area contributed by atoms with Gasteiger partial charge in [0.2, 0.25) is 5.91 Å². The second-order valence-corrected chi connectivity index (χ2v) is 6.27. The highest BCUT2D eigenvalue weighted by molar-refractivity contribution is 5.77. The molecule has 0 saturated carbocycles. The largest absolute Gasteiger partial charge is 0.497 e. The number of rotatable bonds is 5. The standard InChI is InChI=1S/C18H22N4O3/c1-20(2)14-10-17(23)22(19-11-14)12-18(24)21-8-7-16(21)13-5-4-6-15(9-13)25-3/h4-6,9-11,16H,7-8,12H2,1-3H3. The van der Waals surface area contributed by atoms with Crippen molar-refractivity contribution in [1.82, 2.24) is 14.7 Å². The van der Waals surface area contributed by atoms with E-state index in [0.29, 0.717) is 12.2 Å². The number of benzene rings is 1. The lowest BCUT2D eigenvalue weighted by Crippen LogP contribution is -2.47. The van der Waals surface area contributed by atoms with Gasteiger partial charge in [-0.3, -0.25) is 9.59 Å². The van der Waals surface area contributed by atoms with Crippen LogP contribution in [0.5, 0.6) is 5.75 Å². The normalized spacial score (nSPS) is 16.3. The summed E-state index contributed by atoms with van der Waals surface area (Å²) in [4.78, 5) is 28.3. The average Bonchev–Trinajstić information content (AvgIpc) is 2.55. The van der Waals surface area contributed by atoms with E-state index in [1.165, 1.54) is 10.7 Å². The Hall–Kier alpha value is -2.83. The summed E-state index contributed by atoms with van der Waals surface area (Å²) in [6.07, 6.45) is 2.49. The van der Waals surface area contributed by atoms with Gasteiger partial charge in [-0.2, -0.15) is 5.10 Å². The number of nitrogens with zero attached hydrogens (tertiary/aromatic N) is 4. The van der Waals surface area contributed by atoms with E-state index in [2.05, 4.69) is 5.10 Å². The van der Waals surface area contributed by atoms with Crippen LogP contribution < -0.4 is 15.2 Å². The van der Waals surface area contributed by atoms with Crippen LogP contribution in [0.3, 0.4) is 0 Å². The number of anilines is 1. The summed E-state index contributed by atoms with van der Waals surface area (Å²) in [5.74, 6) is 0.667. The smallest absolute Gasteiger partial charge is 0.269 e. The summed E-state index contributed by atoms with van der Waals surface area (Å²) in [7, 11) is 5.30. The van der Waals surface area contributed by atoms with Gasteiger partial charge in [0.05, 0.1) is 25.0 Å². The molecule has 1 aliphatic rings. The number of carbonyl (C=O) groups excluding carboxylic acids is 1. The van der Waals surface area contributed by atoms with Gasteiger partial charge in [-0.05, 0) is 24.1 Å². The first-order valence-electron chi connectivity index (χ1n) is 8.17. The molecule has 3 rings (SSSR count). The van der Waals surface area contributed by atoms with Crippen LogP contribution in [-0.4, -0.2) is 48.3 Å². The van der Waals surface area contributed by atoms with Gasteiger partial charge in [0.1, 0.15) is 12.3 Å². The number of carbonyl (C=O) groups is 1. The van der Waals surface area contributed by atoms with Crippen LogP contribution in [0.4, 0.5) is 5.69 Å². The minimum atomic E-state index is -0.280. The molecule has 1 fully saturated rings. The Kier molecular flexibility index (Phi) is 4.74. The number of hydrogen-bond acceptors (Lipinski definition) is 5. The number of aromatic nitrogens is 2. The average molecular weight is 342 g/mol. The first kappa shape index (κ1) is 17.0. The predicted molar refractivity (Wildman–Crippen MR) is 94.9 cm³/mol. The molecule has 1 unspecified atom stereocenters. The number of hydrogen-bond donors (Lipinski definition) is 0. The molecule has 0 spiro atoms. The van der Waals surface area contributed by atoms with Crippen molar-refractivity contribution in [2.24, 2.45) is 0 Å². The monoisotopic (exact) mass is 342 g/mol. The second-order valence-electron chi connectivity index (χ2n) is 6.27. The lowest BCUT2D eigenvalue weighted by atomic mass is 9.94. The first-order chi connectivity index (χ1) is 12.0. The van der Waals surface area contributed by atoms with E-state index in [0.717, 1.165) is 17.7 Å². The van der Waals surface area contributed by atoms with Gasteiger partial charge in [0.25, 0.3) is 5.56 Å². The van der Waals surface area contributed by atoms with E-state index in [1.807, 2.05) is 38.4 Å². The topological polar surface area (TPSA) is 67.7 Å². The molecule has 1 amide bonds. The zero-order valence-electron chi connectivity index (χ0n) is 14.7. The Morgan fingerprint density at radius 3 is 2.76 bits per heavy atom. The molecule has 0 N–H and O–H groups in total. The molecule has 132 valence electrons. The quantitative estimate of drug-likeness (QED) is 0.819. The molecule has 1 aromatic carbocycles. The predicted octanol–water partition coefficient (Wildman–Crippen LogP) is 1.29. The molecule has 1 aromatic heterocycles. The van der Waals surface area contributed by atoms with E-state index >= 15 is 0 Å². The molecule has 7 heteroatoms. The summed E-state index contributed by atoms with van der Waals surface area (Å²) in [5, 5.41) is 4.10. The molecule has 7 nitrogen and oxygen atoms in total. The highest BCUT2D eigenvalue weighted by Gasteiger charge is 2.33. The van der Waals surface area contributed by atoms with Crippen LogP contribution in [0.1, 0.15) is 18.0 Å². The van der Waals surface area contributed by atoms with E-state index in [-0.39, 0.29) is 24.1 Å². The van der Waals surface area contributed by atoms with Gasteiger partial charge in [-0.1, -0.05) is 12.1 Å². The minimum absolute atomic E-state index is 0.0272. The molecule has 0 radical (unpaired) electrons. The fourth-order valence-corrected chi connectivity index (χ4v) is 2.89. The second kappa shape index (κ2) is 6.96. The van der Waals surface area contributed by atoms with Crippen molar-refractivity contribution in [3.05, 3.63) is 52.4 Å². The lowest BCUT2D eigenvalue weighted by Gasteiger charge is -2.41. The van der Waals surface area contributed by atoms with Gasteiger partial charge in [-0.25, -0.2) is 4.68 Å². The summed E-state index contributed by atoms with van der Waals surface area (Å²) >= 11 is 0. The summed E-state index contributed by atoms with van der Waals surface area (Å²) in [6.45, 7) is 0.637. The van der Waals surface area contributed by atoms with Crippen LogP contribution in [-0.2, 0) is 11.3 Å². The third-order valence-corrected chi connectivity index (χ3v) is 4.48. The van der Waals surface area contributed by atoms with Crippen molar-refractivity contribution in [3.63, 3.8) is 0 Å². The molecule has 1 aliphatic heterocycles. The third kappa shape index (κ3) is 3.50. The number of ether oxygens (including phenoxy) is 1. The van der Waals surface area contributed by atoms with Crippen molar-refractivity contribution in [2.45, 2.75) is 19.0 Å². The van der Waals surface area contributed by atoms with Crippen LogP contribution in [0, 0.1) is 0 Å². The van der Waals surface area contributed by atoms with Crippen LogP contribution in [0.15, 0.2) is 41.3 Å². The van der Waals surface area contributed by atoms with Gasteiger partial charge in [-0.15, -0.1) is 0 Å². The van der Waals surface area contributed by atoms with E-state index < -0.39 is 0 Å². The lowest BCUT2D eigenvalue weighted by molar-refractivity contribution is -0.140. The Bertz CT molecular complexity index is 831. The molecule has 1 atom stereocenters. The summed E-state index contributed by atoms with van der Waals surface area (Å²) < 4.78 is 6.45. The van der Waals surface area contributed by atoms with Crippen molar-refractivity contribution >= 4 is 11.6 Å². The molecular formula is C18H22N4O3. The van der Waals surface area contributed by atoms with Crippen molar-refractivity contribution in [3.8, 4) is 5.75 Å². The first-order valence-corrected chi connectivity index (χ1v) is 8.17. The van der Waals surface area contributed by atoms with E-state index in [4.69, 9.17) is 4.74 Å². The fraction of sp³-hybridized carbons (Fsp3) is 0.389.